The summed E-state index contributed by atoms with van der Waals surface area (Å²) < 4.78 is 0. The third-order valence-corrected chi connectivity index (χ3v) is 3.40. The molecule has 1 rings (SSSR count). The van der Waals surface area contributed by atoms with Gasteiger partial charge in [0.05, 0.1) is 6.07 Å². The Kier molecular flexibility index (Phi) is 5.37. The van der Waals surface area contributed by atoms with Gasteiger partial charge < -0.3 is 4.90 Å². The standard InChI is InChI=1S/C13H18N2S/c1-15(2)13(5-4-10-14)11-6-8-12(16-3)9-7-11/h6-9,13H,4-5H2,1-3H3. The van der Waals surface area contributed by atoms with Crippen LogP contribution in [0.5, 0.6) is 0 Å². The molecule has 0 amide bonds. The second-order valence-corrected chi connectivity index (χ2v) is 4.83. The van der Waals surface area contributed by atoms with Gasteiger partial charge >= 0.3 is 0 Å². The normalized spacial score (nSPS) is 12.4. The minimum atomic E-state index is 0.343. The monoisotopic (exact) mass is 234 g/mol. The first-order valence-electron chi connectivity index (χ1n) is 5.36. The third kappa shape index (κ3) is 3.55. The van der Waals surface area contributed by atoms with Crippen LogP contribution >= 0.6 is 11.8 Å². The summed E-state index contributed by atoms with van der Waals surface area (Å²) in [4.78, 5) is 3.45. The van der Waals surface area contributed by atoms with E-state index in [9.17, 15) is 0 Å². The molecule has 0 spiro atoms. The van der Waals surface area contributed by atoms with Gasteiger partial charge in [-0.15, -0.1) is 11.8 Å². The number of hydrogen-bond donors (Lipinski definition) is 0. The van der Waals surface area contributed by atoms with E-state index >= 15 is 0 Å². The van der Waals surface area contributed by atoms with Crippen molar-refractivity contribution >= 4 is 11.8 Å². The van der Waals surface area contributed by atoms with Gasteiger partial charge in [0, 0.05) is 17.4 Å². The van der Waals surface area contributed by atoms with Gasteiger partial charge in [0.2, 0.25) is 0 Å². The van der Waals surface area contributed by atoms with Crippen LogP contribution in [0.3, 0.4) is 0 Å². The highest BCUT2D eigenvalue weighted by molar-refractivity contribution is 7.98. The van der Waals surface area contributed by atoms with Crippen molar-refractivity contribution < 1.29 is 0 Å². The van der Waals surface area contributed by atoms with Crippen LogP contribution in [0.25, 0.3) is 0 Å². The molecule has 0 bridgehead atoms. The van der Waals surface area contributed by atoms with Crippen LogP contribution in [0.15, 0.2) is 29.2 Å². The second kappa shape index (κ2) is 6.57. The summed E-state index contributed by atoms with van der Waals surface area (Å²) in [6.07, 6.45) is 3.57. The molecular weight excluding hydrogens is 216 g/mol. The van der Waals surface area contributed by atoms with Gasteiger partial charge in [-0.1, -0.05) is 12.1 Å². The van der Waals surface area contributed by atoms with Crippen molar-refractivity contribution in [2.75, 3.05) is 20.4 Å². The number of rotatable bonds is 5. The molecule has 16 heavy (non-hydrogen) atoms. The molecule has 0 heterocycles. The van der Waals surface area contributed by atoms with Crippen molar-refractivity contribution in [1.82, 2.24) is 4.90 Å². The van der Waals surface area contributed by atoms with E-state index in [-0.39, 0.29) is 0 Å². The molecule has 0 radical (unpaired) electrons. The molecule has 2 nitrogen and oxygen atoms in total. The zero-order chi connectivity index (χ0) is 12.0. The number of nitrogens with zero attached hydrogens (tertiary/aromatic N) is 2. The SMILES string of the molecule is CSc1ccc(C(CCC#N)N(C)C)cc1. The minimum Gasteiger partial charge on any atom is -0.302 e. The first kappa shape index (κ1) is 13.1. The van der Waals surface area contributed by atoms with E-state index in [1.807, 2.05) is 0 Å². The molecule has 1 aromatic rings. The maximum Gasteiger partial charge on any atom is 0.0622 e. The number of thioether (sulfide) groups is 1. The Hall–Kier alpha value is -0.980. The van der Waals surface area contributed by atoms with Gasteiger partial charge in [-0.2, -0.15) is 5.26 Å². The van der Waals surface area contributed by atoms with Crippen LogP contribution in [-0.2, 0) is 0 Å². The Morgan fingerprint density at radius 2 is 1.94 bits per heavy atom. The molecule has 3 heteroatoms. The molecular formula is C13H18N2S. The molecule has 0 saturated carbocycles. The van der Waals surface area contributed by atoms with Crippen LogP contribution in [0.2, 0.25) is 0 Å². The molecule has 0 aliphatic rings. The van der Waals surface area contributed by atoms with E-state index < -0.39 is 0 Å². The van der Waals surface area contributed by atoms with Gasteiger partial charge in [-0.05, 0) is 44.5 Å². The van der Waals surface area contributed by atoms with Gasteiger partial charge in [0.15, 0.2) is 0 Å². The largest absolute Gasteiger partial charge is 0.302 e. The van der Waals surface area contributed by atoms with E-state index in [1.54, 1.807) is 11.8 Å². The molecule has 1 atom stereocenters. The van der Waals surface area contributed by atoms with Crippen LogP contribution in [0, 0.1) is 11.3 Å². The topological polar surface area (TPSA) is 27.0 Å². The predicted molar refractivity (Wildman–Crippen MR) is 69.5 cm³/mol. The maximum atomic E-state index is 8.65. The zero-order valence-corrected chi connectivity index (χ0v) is 10.9. The zero-order valence-electron chi connectivity index (χ0n) is 10.1. The van der Waals surface area contributed by atoms with Gasteiger partial charge in [0.1, 0.15) is 0 Å². The lowest BCUT2D eigenvalue weighted by molar-refractivity contribution is 0.286. The lowest BCUT2D eigenvalue weighted by Gasteiger charge is -2.24. The summed E-state index contributed by atoms with van der Waals surface area (Å²) in [6.45, 7) is 0. The van der Waals surface area contributed by atoms with E-state index in [4.69, 9.17) is 5.26 Å². The molecule has 0 aromatic heterocycles. The van der Waals surface area contributed by atoms with E-state index in [0.717, 1.165) is 6.42 Å². The first-order chi connectivity index (χ1) is 7.69. The Balaban J connectivity index is 2.80. The van der Waals surface area contributed by atoms with Crippen molar-refractivity contribution in [2.24, 2.45) is 0 Å². The summed E-state index contributed by atoms with van der Waals surface area (Å²) in [7, 11) is 4.12. The average Bonchev–Trinajstić information content (AvgIpc) is 2.30. The Bertz CT molecular complexity index is 351. The Labute approximate surface area is 102 Å². The second-order valence-electron chi connectivity index (χ2n) is 3.95. The summed E-state index contributed by atoms with van der Waals surface area (Å²) in [5, 5.41) is 8.65. The molecule has 0 aliphatic heterocycles. The van der Waals surface area contributed by atoms with E-state index in [0.29, 0.717) is 12.5 Å². The highest BCUT2D eigenvalue weighted by Crippen LogP contribution is 2.25. The summed E-state index contributed by atoms with van der Waals surface area (Å²) in [5.74, 6) is 0. The number of hydrogen-bond acceptors (Lipinski definition) is 3. The molecule has 1 unspecified atom stereocenters. The van der Waals surface area contributed by atoms with Crippen LogP contribution in [0.1, 0.15) is 24.4 Å². The van der Waals surface area contributed by atoms with Gasteiger partial charge in [-0.3, -0.25) is 0 Å². The summed E-state index contributed by atoms with van der Waals surface area (Å²) >= 11 is 1.75. The van der Waals surface area contributed by atoms with Crippen LogP contribution in [0.4, 0.5) is 0 Å². The quantitative estimate of drug-likeness (QED) is 0.731. The molecule has 86 valence electrons. The molecule has 1 aromatic carbocycles. The number of nitriles is 1. The van der Waals surface area contributed by atoms with Crippen molar-refractivity contribution in [3.8, 4) is 6.07 Å². The molecule has 0 fully saturated rings. The first-order valence-corrected chi connectivity index (χ1v) is 6.59. The predicted octanol–water partition coefficient (Wildman–Crippen LogP) is 3.31. The van der Waals surface area contributed by atoms with Crippen molar-refractivity contribution in [3.63, 3.8) is 0 Å². The Morgan fingerprint density at radius 3 is 2.38 bits per heavy atom. The smallest absolute Gasteiger partial charge is 0.0622 e. The fraction of sp³-hybridized carbons (Fsp3) is 0.462. The van der Waals surface area contributed by atoms with Crippen molar-refractivity contribution in [2.45, 2.75) is 23.8 Å². The highest BCUT2D eigenvalue weighted by atomic mass is 32.2. The van der Waals surface area contributed by atoms with Crippen molar-refractivity contribution in [1.29, 1.82) is 5.26 Å². The molecule has 0 saturated heterocycles. The van der Waals surface area contributed by atoms with E-state index in [2.05, 4.69) is 55.6 Å². The van der Waals surface area contributed by atoms with Crippen molar-refractivity contribution in [3.05, 3.63) is 29.8 Å². The fourth-order valence-corrected chi connectivity index (χ4v) is 2.16. The van der Waals surface area contributed by atoms with E-state index in [1.165, 1.54) is 10.5 Å². The average molecular weight is 234 g/mol. The number of benzene rings is 1. The molecule has 0 N–H and O–H groups in total. The van der Waals surface area contributed by atoms with Gasteiger partial charge in [-0.25, -0.2) is 0 Å². The maximum absolute atomic E-state index is 8.65. The fourth-order valence-electron chi connectivity index (χ4n) is 1.75. The summed E-state index contributed by atoms with van der Waals surface area (Å²) in [5.41, 5.74) is 1.29. The lowest BCUT2D eigenvalue weighted by Crippen LogP contribution is -2.19. The minimum absolute atomic E-state index is 0.343. The van der Waals surface area contributed by atoms with Gasteiger partial charge in [0.25, 0.3) is 0 Å². The van der Waals surface area contributed by atoms with Crippen LogP contribution in [-0.4, -0.2) is 25.3 Å². The third-order valence-electron chi connectivity index (χ3n) is 2.65. The lowest BCUT2D eigenvalue weighted by atomic mass is 10.0. The Morgan fingerprint density at radius 1 is 1.31 bits per heavy atom. The molecule has 0 aliphatic carbocycles. The van der Waals surface area contributed by atoms with Crippen LogP contribution < -0.4 is 0 Å². The highest BCUT2D eigenvalue weighted by Gasteiger charge is 2.13. The summed E-state index contributed by atoms with van der Waals surface area (Å²) in [6, 6.07) is 11.2.